The van der Waals surface area contributed by atoms with Crippen LogP contribution in [0.3, 0.4) is 0 Å². The van der Waals surface area contributed by atoms with Crippen LogP contribution in [0.25, 0.3) is 44.6 Å². The van der Waals surface area contributed by atoms with Gasteiger partial charge in [-0.3, -0.25) is 0 Å². The maximum Gasteiger partial charge on any atom is 0.216 e. The maximum absolute atomic E-state index is 6.41. The molecule has 6 heteroatoms. The molecule has 4 nitrogen and oxygen atoms in total. The fourth-order valence-corrected chi connectivity index (χ4v) is 11.2. The Bertz CT molecular complexity index is 2190. The monoisotopic (exact) mass is 924 g/mol. The van der Waals surface area contributed by atoms with Gasteiger partial charge in [0.05, 0.1) is 13.7 Å². The van der Waals surface area contributed by atoms with Gasteiger partial charge in [0, 0.05) is 43.6 Å². The first-order valence-electron chi connectivity index (χ1n) is 20.9. The van der Waals surface area contributed by atoms with E-state index in [0.29, 0.717) is 0 Å². The Morgan fingerprint density at radius 1 is 0.745 bits per heavy atom. The Hall–Kier alpha value is -3.44. The number of aromatic nitrogens is 3. The van der Waals surface area contributed by atoms with Crippen LogP contribution in [0.4, 0.5) is 0 Å². The number of hydrogen-bond acceptors (Lipinski definition) is 4. The molecule has 3 aliphatic rings. The first kappa shape index (κ1) is 39.8. The third kappa shape index (κ3) is 9.41. The molecule has 0 atom stereocenters. The van der Waals surface area contributed by atoms with E-state index in [1.54, 1.807) is 10.8 Å². The van der Waals surface area contributed by atoms with E-state index in [1.165, 1.54) is 94.6 Å². The number of hydrogen-bond donors (Lipinski definition) is 0. The Labute approximate surface area is 343 Å². The van der Waals surface area contributed by atoms with Crippen LogP contribution in [-0.2, 0) is 39.4 Å². The molecule has 6 aromatic rings. The van der Waals surface area contributed by atoms with Gasteiger partial charge >= 0.3 is 0 Å². The van der Waals surface area contributed by atoms with Crippen molar-refractivity contribution in [3.05, 3.63) is 108 Å². The van der Waals surface area contributed by atoms with Gasteiger partial charge < -0.3 is 14.4 Å². The second-order valence-electron chi connectivity index (χ2n) is 17.7. The molecule has 3 fully saturated rings. The average Bonchev–Trinajstić information content (AvgIpc) is 4.02. The number of benzene rings is 2. The zero-order valence-electron chi connectivity index (χ0n) is 33.4. The number of pyridine rings is 3. The third-order valence-electron chi connectivity index (χ3n) is 12.5. The molecule has 0 bridgehead atoms. The van der Waals surface area contributed by atoms with E-state index in [9.17, 15) is 0 Å². The van der Waals surface area contributed by atoms with Crippen molar-refractivity contribution in [3.63, 3.8) is 0 Å². The molecule has 0 spiro atoms. The molecule has 0 amide bonds. The summed E-state index contributed by atoms with van der Waals surface area (Å²) in [6, 6.07) is 28.2. The Kier molecular flexibility index (Phi) is 12.9. The van der Waals surface area contributed by atoms with E-state index in [0.717, 1.165) is 80.9 Å². The second-order valence-corrected chi connectivity index (χ2v) is 22.7. The van der Waals surface area contributed by atoms with E-state index < -0.39 is 8.07 Å². The molecule has 1 radical (unpaired) electrons. The van der Waals surface area contributed by atoms with Crippen LogP contribution in [0.1, 0.15) is 99.4 Å². The van der Waals surface area contributed by atoms with Crippen molar-refractivity contribution < 1.29 is 24.5 Å². The molecule has 55 heavy (non-hydrogen) atoms. The Morgan fingerprint density at radius 3 is 2.11 bits per heavy atom. The summed E-state index contributed by atoms with van der Waals surface area (Å²) in [6.07, 6.45) is 24.1. The number of aryl methyl sites for hydroxylation is 1. The van der Waals surface area contributed by atoms with Crippen molar-refractivity contribution in [2.45, 2.75) is 123 Å². The van der Waals surface area contributed by atoms with Gasteiger partial charge in [-0.15, -0.1) is 53.6 Å². The van der Waals surface area contributed by atoms with Gasteiger partial charge in [-0.1, -0.05) is 138 Å². The average molecular weight is 924 g/mol. The Morgan fingerprint density at radius 2 is 1.44 bits per heavy atom. The topological polar surface area (TPSA) is 51.8 Å². The van der Waals surface area contributed by atoms with Crippen LogP contribution >= 0.6 is 0 Å². The first-order valence-corrected chi connectivity index (χ1v) is 24.4. The summed E-state index contributed by atoms with van der Waals surface area (Å²) in [4.78, 5) is 14.4. The first-order chi connectivity index (χ1) is 26.3. The molecule has 289 valence electrons. The van der Waals surface area contributed by atoms with Crippen LogP contribution in [0.15, 0.2) is 77.5 Å². The van der Waals surface area contributed by atoms with Crippen LogP contribution in [0, 0.1) is 36.8 Å². The number of furan rings is 1. The number of rotatable bonds is 9. The fourth-order valence-electron chi connectivity index (χ4n) is 9.57. The minimum atomic E-state index is -1.35. The van der Waals surface area contributed by atoms with Crippen LogP contribution in [0.2, 0.25) is 19.6 Å². The van der Waals surface area contributed by atoms with Gasteiger partial charge in [0.1, 0.15) is 0 Å². The molecule has 0 saturated heterocycles. The van der Waals surface area contributed by atoms with Crippen molar-refractivity contribution in [1.82, 2.24) is 15.0 Å². The maximum atomic E-state index is 6.41. The third-order valence-corrected chi connectivity index (χ3v) is 14.6. The number of nitrogens with zero attached hydrogens (tertiary/aromatic N) is 3. The summed E-state index contributed by atoms with van der Waals surface area (Å²) in [5, 5.41) is 3.79. The summed E-state index contributed by atoms with van der Waals surface area (Å²) in [5.74, 6) is 2.48. The zero-order valence-corrected chi connectivity index (χ0v) is 36.7. The predicted molar refractivity (Wildman–Crippen MR) is 227 cm³/mol. The molecule has 0 N–H and O–H groups in total. The van der Waals surface area contributed by atoms with Crippen LogP contribution in [-0.4, -0.2) is 23.0 Å². The summed E-state index contributed by atoms with van der Waals surface area (Å²) < 4.78 is 6.41. The van der Waals surface area contributed by atoms with Gasteiger partial charge in [0.15, 0.2) is 0 Å². The molecule has 4 heterocycles. The summed E-state index contributed by atoms with van der Waals surface area (Å²) in [7, 11) is -1.35. The zero-order chi connectivity index (χ0) is 37.1. The number of fused-ring (bicyclic) bond motifs is 3. The summed E-state index contributed by atoms with van der Waals surface area (Å²) >= 11 is 0. The van der Waals surface area contributed by atoms with Crippen molar-refractivity contribution in [1.29, 1.82) is 0 Å². The normalized spacial score (nSPS) is 16.8. The van der Waals surface area contributed by atoms with E-state index >= 15 is 0 Å². The quantitative estimate of drug-likeness (QED) is 0.107. The van der Waals surface area contributed by atoms with Crippen LogP contribution in [0.5, 0.6) is 0 Å². The van der Waals surface area contributed by atoms with Crippen molar-refractivity contribution in [2.75, 3.05) is 0 Å². The fraction of sp³-hybridized carbons (Fsp3) is 0.449. The smallest absolute Gasteiger partial charge is 0.216 e. The molecular formula is C49H57IrN3OSi-2. The van der Waals surface area contributed by atoms with Gasteiger partial charge in [-0.2, -0.15) is 0 Å². The van der Waals surface area contributed by atoms with Gasteiger partial charge in [-0.25, -0.2) is 4.98 Å². The van der Waals surface area contributed by atoms with E-state index in [1.807, 2.05) is 18.3 Å². The van der Waals surface area contributed by atoms with E-state index in [4.69, 9.17) is 19.4 Å². The predicted octanol–water partition coefficient (Wildman–Crippen LogP) is 12.4. The Balaban J connectivity index is 0.000000178. The van der Waals surface area contributed by atoms with Crippen molar-refractivity contribution in [2.24, 2.45) is 17.8 Å². The summed E-state index contributed by atoms with van der Waals surface area (Å²) in [6.45, 7) is 9.41. The van der Waals surface area contributed by atoms with Gasteiger partial charge in [-0.05, 0) is 71.8 Å². The van der Waals surface area contributed by atoms with E-state index in [2.05, 4.69) is 93.4 Å². The van der Waals surface area contributed by atoms with Gasteiger partial charge in [0.25, 0.3) is 0 Å². The molecule has 3 saturated carbocycles. The molecule has 0 unspecified atom stereocenters. The molecule has 9 rings (SSSR count). The molecule has 2 aromatic carbocycles. The van der Waals surface area contributed by atoms with Crippen LogP contribution < -0.4 is 5.19 Å². The van der Waals surface area contributed by atoms with Crippen molar-refractivity contribution in [3.8, 4) is 22.5 Å². The largest absolute Gasteiger partial charge is 0.486 e. The molecule has 4 aromatic heterocycles. The minimum absolute atomic E-state index is 0. The van der Waals surface area contributed by atoms with E-state index in [-0.39, 0.29) is 20.1 Å². The molecular weight excluding hydrogens is 867 g/mol. The standard InChI is InChI=1S/C29H31N2O.C20H26NSi.Ir/c1-19-10-12-24(26-18-22(14-15-30-26)16-20-6-2-3-7-20)28-27(19)25-13-11-23(31-29(25)32-28)17-21-8-4-5-9-21;1-22(2,3)20-15-21-19(17-11-5-4-6-12-17)14-18(20)13-16-9-7-8-10-16;/h10-11,13-15,18,20-21H,2-9,16-17H2,1H3;4-6,11,14-16H,7-10,13H2,1-3H3;/q2*-1;. The van der Waals surface area contributed by atoms with Crippen molar-refractivity contribution >= 4 is 35.3 Å². The molecule has 0 aliphatic heterocycles. The second kappa shape index (κ2) is 17.8. The van der Waals surface area contributed by atoms with Gasteiger partial charge in [0.2, 0.25) is 5.71 Å². The minimum Gasteiger partial charge on any atom is -0.486 e. The summed E-state index contributed by atoms with van der Waals surface area (Å²) in [5.41, 5.74) is 11.0. The molecule has 3 aliphatic carbocycles. The SMILES string of the molecule is C[Si](C)(C)c1cnc(-c2[c-]cccc2)cc1CC1CCCC1.Cc1c[c-]c(-c2cc(CC3CCCC3)ccn2)c2oc3nc(CC4CCCC4)ccc3c12.[Ir].